The van der Waals surface area contributed by atoms with Crippen LogP contribution in [0.1, 0.15) is 13.8 Å². The van der Waals surface area contributed by atoms with Gasteiger partial charge in [0.05, 0.1) is 17.5 Å². The van der Waals surface area contributed by atoms with Crippen molar-refractivity contribution in [2.24, 2.45) is 0 Å². The number of nitrogens with zero attached hydrogens (tertiary/aromatic N) is 1. The van der Waals surface area contributed by atoms with Gasteiger partial charge in [-0.25, -0.2) is 8.42 Å². The molecule has 1 saturated heterocycles. The third-order valence-electron chi connectivity index (χ3n) is 3.39. The van der Waals surface area contributed by atoms with E-state index in [0.717, 1.165) is 0 Å². The molecule has 1 fully saturated rings. The molecule has 0 spiro atoms. The number of hydrogen-bond donors (Lipinski definition) is 1. The topological polar surface area (TPSA) is 58.6 Å². The monoisotopic (exact) mass is 284 g/mol. The van der Waals surface area contributed by atoms with E-state index in [1.54, 1.807) is 45.2 Å². The summed E-state index contributed by atoms with van der Waals surface area (Å²) in [6, 6.07) is 7.10. The number of sulfonamides is 1. The molecule has 6 heteroatoms. The van der Waals surface area contributed by atoms with E-state index in [0.29, 0.717) is 31.1 Å². The van der Waals surface area contributed by atoms with Gasteiger partial charge in [0, 0.05) is 19.6 Å². The summed E-state index contributed by atoms with van der Waals surface area (Å²) in [7, 11) is -1.79. The molecule has 0 radical (unpaired) electrons. The fourth-order valence-corrected chi connectivity index (χ4v) is 3.71. The van der Waals surface area contributed by atoms with Crippen molar-refractivity contribution in [1.82, 2.24) is 5.32 Å². The average molecular weight is 284 g/mol. The first kappa shape index (κ1) is 14.1. The average Bonchev–Trinajstić information content (AvgIpc) is 2.47. The number of nitrogens with one attached hydrogen (secondary N) is 1. The van der Waals surface area contributed by atoms with Crippen LogP contribution >= 0.6 is 0 Å². The second-order valence-corrected chi connectivity index (χ2v) is 7.71. The summed E-state index contributed by atoms with van der Waals surface area (Å²) in [5.74, 6) is 0.716. The summed E-state index contributed by atoms with van der Waals surface area (Å²) in [5.41, 5.74) is 0.678. The molecule has 0 unspecified atom stereocenters. The van der Waals surface area contributed by atoms with Crippen molar-refractivity contribution >= 4 is 15.7 Å². The van der Waals surface area contributed by atoms with Crippen LogP contribution in [0, 0.1) is 0 Å². The van der Waals surface area contributed by atoms with Crippen LogP contribution in [0.3, 0.4) is 0 Å². The standard InChI is InChI=1S/C13H20N2O3S/c1-13(2)10-14-8-9-15(19(13,16)17)11-4-6-12(18-3)7-5-11/h4-7,14H,8-10H2,1-3H3. The van der Waals surface area contributed by atoms with Gasteiger partial charge in [0.1, 0.15) is 5.75 Å². The van der Waals surface area contributed by atoms with Crippen molar-refractivity contribution in [3.63, 3.8) is 0 Å². The van der Waals surface area contributed by atoms with Gasteiger partial charge in [-0.05, 0) is 38.1 Å². The van der Waals surface area contributed by atoms with E-state index in [4.69, 9.17) is 4.74 Å². The zero-order valence-corrected chi connectivity index (χ0v) is 12.3. The molecule has 5 nitrogen and oxygen atoms in total. The molecule has 19 heavy (non-hydrogen) atoms. The number of benzene rings is 1. The molecular weight excluding hydrogens is 264 g/mol. The molecule has 1 heterocycles. The zero-order valence-electron chi connectivity index (χ0n) is 11.5. The van der Waals surface area contributed by atoms with Gasteiger partial charge in [-0.1, -0.05) is 0 Å². The number of ether oxygens (including phenoxy) is 1. The quantitative estimate of drug-likeness (QED) is 0.887. The highest BCUT2D eigenvalue weighted by molar-refractivity contribution is 7.94. The van der Waals surface area contributed by atoms with Crippen molar-refractivity contribution in [3.8, 4) is 5.75 Å². The Bertz CT molecular complexity index is 538. The second kappa shape index (κ2) is 5.02. The lowest BCUT2D eigenvalue weighted by Gasteiger charge is -2.30. The van der Waals surface area contributed by atoms with Gasteiger partial charge in [0.25, 0.3) is 0 Å². The summed E-state index contributed by atoms with van der Waals surface area (Å²) < 4.78 is 31.1. The molecule has 0 bridgehead atoms. The number of rotatable bonds is 2. The zero-order chi connectivity index (χ0) is 14.1. The first-order valence-electron chi connectivity index (χ1n) is 6.25. The van der Waals surface area contributed by atoms with Crippen molar-refractivity contribution < 1.29 is 13.2 Å². The molecule has 1 aromatic carbocycles. The van der Waals surface area contributed by atoms with Gasteiger partial charge in [-0.2, -0.15) is 0 Å². The number of anilines is 1. The lowest BCUT2D eigenvalue weighted by atomic mass is 10.2. The fourth-order valence-electron chi connectivity index (χ4n) is 2.10. The Morgan fingerprint density at radius 1 is 1.26 bits per heavy atom. The largest absolute Gasteiger partial charge is 0.497 e. The maximum atomic E-state index is 12.7. The maximum absolute atomic E-state index is 12.7. The molecule has 1 aliphatic heterocycles. The van der Waals surface area contributed by atoms with Crippen molar-refractivity contribution in [1.29, 1.82) is 0 Å². The first-order valence-corrected chi connectivity index (χ1v) is 7.69. The first-order chi connectivity index (χ1) is 8.88. The Kier molecular flexibility index (Phi) is 3.73. The van der Waals surface area contributed by atoms with Crippen LogP contribution in [0.2, 0.25) is 0 Å². The number of hydrogen-bond acceptors (Lipinski definition) is 4. The Morgan fingerprint density at radius 2 is 1.89 bits per heavy atom. The Hall–Kier alpha value is -1.27. The molecule has 0 aromatic heterocycles. The Morgan fingerprint density at radius 3 is 2.47 bits per heavy atom. The van der Waals surface area contributed by atoms with Crippen LogP contribution < -0.4 is 14.4 Å². The van der Waals surface area contributed by atoms with Crippen LogP contribution in [-0.2, 0) is 10.0 Å². The highest BCUT2D eigenvalue weighted by atomic mass is 32.2. The fraction of sp³-hybridized carbons (Fsp3) is 0.538. The van der Waals surface area contributed by atoms with E-state index >= 15 is 0 Å². The summed E-state index contributed by atoms with van der Waals surface area (Å²) in [6.07, 6.45) is 0. The third-order valence-corrected chi connectivity index (χ3v) is 5.91. The molecule has 0 amide bonds. The Labute approximate surface area is 114 Å². The SMILES string of the molecule is COc1ccc(N2CCNCC(C)(C)S2(=O)=O)cc1. The smallest absolute Gasteiger partial charge is 0.241 e. The van der Waals surface area contributed by atoms with E-state index in [1.807, 2.05) is 0 Å². The number of methoxy groups -OCH3 is 1. The van der Waals surface area contributed by atoms with E-state index in [-0.39, 0.29) is 0 Å². The summed E-state index contributed by atoms with van der Waals surface area (Å²) >= 11 is 0. The minimum absolute atomic E-state index is 0.443. The van der Waals surface area contributed by atoms with E-state index in [9.17, 15) is 8.42 Å². The summed E-state index contributed by atoms with van der Waals surface area (Å²) in [6.45, 7) is 5.04. The van der Waals surface area contributed by atoms with Crippen molar-refractivity contribution in [2.75, 3.05) is 31.0 Å². The van der Waals surface area contributed by atoms with Gasteiger partial charge < -0.3 is 10.1 Å². The molecule has 1 aliphatic rings. The molecule has 1 aromatic rings. The van der Waals surface area contributed by atoms with Crippen LogP contribution in [0.25, 0.3) is 0 Å². The maximum Gasteiger partial charge on any atom is 0.241 e. The van der Waals surface area contributed by atoms with Crippen LogP contribution in [0.5, 0.6) is 5.75 Å². The minimum atomic E-state index is -3.38. The van der Waals surface area contributed by atoms with Gasteiger partial charge in [0.2, 0.25) is 10.0 Å². The lowest BCUT2D eigenvalue weighted by Crippen LogP contribution is -2.46. The van der Waals surface area contributed by atoms with E-state index in [1.165, 1.54) is 4.31 Å². The second-order valence-electron chi connectivity index (χ2n) is 5.21. The lowest BCUT2D eigenvalue weighted by molar-refractivity contribution is 0.415. The molecule has 0 atom stereocenters. The van der Waals surface area contributed by atoms with E-state index in [2.05, 4.69) is 5.32 Å². The molecule has 0 aliphatic carbocycles. The molecule has 2 rings (SSSR count). The van der Waals surface area contributed by atoms with Crippen LogP contribution in [0.4, 0.5) is 5.69 Å². The highest BCUT2D eigenvalue weighted by Gasteiger charge is 2.40. The normalized spacial score (nSPS) is 21.7. The van der Waals surface area contributed by atoms with Gasteiger partial charge in [0.15, 0.2) is 0 Å². The Balaban J connectivity index is 2.40. The predicted octanol–water partition coefficient (Wildman–Crippen LogP) is 1.21. The third kappa shape index (κ3) is 2.55. The minimum Gasteiger partial charge on any atom is -0.497 e. The van der Waals surface area contributed by atoms with Gasteiger partial charge in [-0.15, -0.1) is 0 Å². The molecule has 1 N–H and O–H groups in total. The summed E-state index contributed by atoms with van der Waals surface area (Å²) in [4.78, 5) is 0. The van der Waals surface area contributed by atoms with Crippen LogP contribution in [0.15, 0.2) is 24.3 Å². The molecule has 0 saturated carbocycles. The predicted molar refractivity (Wildman–Crippen MR) is 76.2 cm³/mol. The van der Waals surface area contributed by atoms with Crippen LogP contribution in [-0.4, -0.2) is 39.9 Å². The van der Waals surface area contributed by atoms with E-state index < -0.39 is 14.8 Å². The van der Waals surface area contributed by atoms with Crippen molar-refractivity contribution in [3.05, 3.63) is 24.3 Å². The molecule has 106 valence electrons. The summed E-state index contributed by atoms with van der Waals surface area (Å²) in [5, 5.41) is 3.17. The highest BCUT2D eigenvalue weighted by Crippen LogP contribution is 2.28. The van der Waals surface area contributed by atoms with Gasteiger partial charge in [-0.3, -0.25) is 4.31 Å². The van der Waals surface area contributed by atoms with Crippen molar-refractivity contribution in [2.45, 2.75) is 18.6 Å². The van der Waals surface area contributed by atoms with Gasteiger partial charge >= 0.3 is 0 Å². The molecular formula is C13H20N2O3S.